The van der Waals surface area contributed by atoms with E-state index in [1.807, 2.05) is 12.1 Å². The third-order valence-electron chi connectivity index (χ3n) is 3.84. The molecule has 0 saturated heterocycles. The average molecular weight is 220 g/mol. The van der Waals surface area contributed by atoms with E-state index >= 15 is 0 Å². The molecule has 88 valence electrons. The zero-order chi connectivity index (χ0) is 11.4. The molecule has 1 atom stereocenters. The minimum absolute atomic E-state index is 0.124. The molecule has 0 amide bonds. The Morgan fingerprint density at radius 1 is 1.38 bits per heavy atom. The zero-order valence-corrected chi connectivity index (χ0v) is 9.60. The average Bonchev–Trinajstić information content (AvgIpc) is 2.39. The molecule has 2 rings (SSSR count). The van der Waals surface area contributed by atoms with Gasteiger partial charge in [0.25, 0.3) is 0 Å². The van der Waals surface area contributed by atoms with Crippen LogP contribution in [-0.4, -0.2) is 16.6 Å². The van der Waals surface area contributed by atoms with Gasteiger partial charge in [0.2, 0.25) is 0 Å². The molecule has 1 aromatic rings. The molecule has 3 N–H and O–H groups in total. The van der Waals surface area contributed by atoms with Gasteiger partial charge in [-0.1, -0.05) is 25.3 Å². The standard InChI is InChI=1S/C13H20N2O/c14-10-13(6-2-1-3-7-13)12(16)11-5-4-8-15-9-11/h4-5,8-9,12,16H,1-3,6-7,10,14H2. The topological polar surface area (TPSA) is 59.1 Å². The second-order valence-corrected chi connectivity index (χ2v) is 4.82. The van der Waals surface area contributed by atoms with E-state index in [4.69, 9.17) is 5.73 Å². The first kappa shape index (κ1) is 11.6. The molecule has 1 aliphatic carbocycles. The largest absolute Gasteiger partial charge is 0.388 e. The maximum atomic E-state index is 10.5. The summed E-state index contributed by atoms with van der Waals surface area (Å²) >= 11 is 0. The Kier molecular flexibility index (Phi) is 3.56. The molecule has 0 aliphatic heterocycles. The fourth-order valence-electron chi connectivity index (χ4n) is 2.74. The van der Waals surface area contributed by atoms with E-state index in [-0.39, 0.29) is 5.41 Å². The maximum absolute atomic E-state index is 10.5. The van der Waals surface area contributed by atoms with Crippen molar-refractivity contribution in [3.63, 3.8) is 0 Å². The molecule has 16 heavy (non-hydrogen) atoms. The molecule has 3 heteroatoms. The number of aliphatic hydroxyl groups is 1. The summed E-state index contributed by atoms with van der Waals surface area (Å²) in [5, 5.41) is 10.5. The fraction of sp³-hybridized carbons (Fsp3) is 0.615. The lowest BCUT2D eigenvalue weighted by Gasteiger charge is -2.40. The van der Waals surface area contributed by atoms with Crippen LogP contribution in [0.15, 0.2) is 24.5 Å². The summed E-state index contributed by atoms with van der Waals surface area (Å²) in [6, 6.07) is 3.80. The molecular formula is C13H20N2O. The van der Waals surface area contributed by atoms with Crippen LogP contribution in [0.5, 0.6) is 0 Å². The zero-order valence-electron chi connectivity index (χ0n) is 9.60. The van der Waals surface area contributed by atoms with Gasteiger partial charge in [-0.25, -0.2) is 0 Å². The molecular weight excluding hydrogens is 200 g/mol. The van der Waals surface area contributed by atoms with Gasteiger partial charge in [-0.15, -0.1) is 0 Å². The van der Waals surface area contributed by atoms with Crippen LogP contribution in [0.3, 0.4) is 0 Å². The van der Waals surface area contributed by atoms with E-state index < -0.39 is 6.10 Å². The number of hydrogen-bond donors (Lipinski definition) is 2. The molecule has 1 saturated carbocycles. The van der Waals surface area contributed by atoms with Crippen LogP contribution in [0.25, 0.3) is 0 Å². The summed E-state index contributed by atoms with van der Waals surface area (Å²) < 4.78 is 0. The van der Waals surface area contributed by atoms with E-state index in [9.17, 15) is 5.11 Å². The first-order valence-electron chi connectivity index (χ1n) is 6.06. The van der Waals surface area contributed by atoms with Crippen LogP contribution in [0.1, 0.15) is 43.8 Å². The quantitative estimate of drug-likeness (QED) is 0.819. The van der Waals surface area contributed by atoms with Crippen LogP contribution in [0, 0.1) is 5.41 Å². The van der Waals surface area contributed by atoms with Gasteiger partial charge in [0.1, 0.15) is 0 Å². The number of pyridine rings is 1. The second-order valence-electron chi connectivity index (χ2n) is 4.82. The van der Waals surface area contributed by atoms with Crippen molar-refractivity contribution >= 4 is 0 Å². The van der Waals surface area contributed by atoms with Gasteiger partial charge in [-0.05, 0) is 24.5 Å². The number of nitrogens with two attached hydrogens (primary N) is 1. The fourth-order valence-corrected chi connectivity index (χ4v) is 2.74. The Hall–Kier alpha value is -0.930. The summed E-state index contributed by atoms with van der Waals surface area (Å²) in [6.45, 7) is 0.559. The van der Waals surface area contributed by atoms with Crippen molar-refractivity contribution < 1.29 is 5.11 Å². The highest BCUT2D eigenvalue weighted by molar-refractivity contribution is 5.15. The third kappa shape index (κ3) is 2.11. The maximum Gasteiger partial charge on any atom is 0.0873 e. The molecule has 1 heterocycles. The van der Waals surface area contributed by atoms with E-state index in [1.165, 1.54) is 19.3 Å². The lowest BCUT2D eigenvalue weighted by atomic mass is 9.68. The van der Waals surface area contributed by atoms with Gasteiger partial charge in [-0.2, -0.15) is 0 Å². The van der Waals surface area contributed by atoms with Gasteiger partial charge in [0.15, 0.2) is 0 Å². The Morgan fingerprint density at radius 2 is 2.12 bits per heavy atom. The summed E-state index contributed by atoms with van der Waals surface area (Å²) in [7, 11) is 0. The number of rotatable bonds is 3. The predicted molar refractivity (Wildman–Crippen MR) is 63.8 cm³/mol. The van der Waals surface area contributed by atoms with Crippen LogP contribution < -0.4 is 5.73 Å². The Balaban J connectivity index is 2.20. The highest BCUT2D eigenvalue weighted by Crippen LogP contribution is 2.44. The number of nitrogens with zero attached hydrogens (tertiary/aromatic N) is 1. The Bertz CT molecular complexity index is 320. The van der Waals surface area contributed by atoms with Crippen LogP contribution in [-0.2, 0) is 0 Å². The van der Waals surface area contributed by atoms with Crippen molar-refractivity contribution in [3.8, 4) is 0 Å². The molecule has 1 aliphatic rings. The molecule has 1 fully saturated rings. The lowest BCUT2D eigenvalue weighted by Crippen LogP contribution is -2.38. The highest BCUT2D eigenvalue weighted by Gasteiger charge is 2.38. The van der Waals surface area contributed by atoms with Gasteiger partial charge < -0.3 is 10.8 Å². The summed E-state index contributed by atoms with van der Waals surface area (Å²) in [4.78, 5) is 4.07. The molecule has 0 radical (unpaired) electrons. The van der Waals surface area contributed by atoms with Gasteiger partial charge >= 0.3 is 0 Å². The Labute approximate surface area is 96.7 Å². The molecule has 1 aromatic heterocycles. The van der Waals surface area contributed by atoms with Crippen LogP contribution in [0.4, 0.5) is 0 Å². The van der Waals surface area contributed by atoms with Gasteiger partial charge in [0.05, 0.1) is 6.10 Å². The molecule has 0 bridgehead atoms. The smallest absolute Gasteiger partial charge is 0.0873 e. The molecule has 3 nitrogen and oxygen atoms in total. The van der Waals surface area contributed by atoms with Crippen molar-refractivity contribution in [2.75, 3.05) is 6.54 Å². The predicted octanol–water partition coefficient (Wildman–Crippen LogP) is 2.02. The number of aliphatic hydroxyl groups excluding tert-OH is 1. The van der Waals surface area contributed by atoms with Crippen molar-refractivity contribution in [2.24, 2.45) is 11.1 Å². The second kappa shape index (κ2) is 4.93. The van der Waals surface area contributed by atoms with Crippen LogP contribution >= 0.6 is 0 Å². The van der Waals surface area contributed by atoms with E-state index in [0.29, 0.717) is 6.54 Å². The van der Waals surface area contributed by atoms with Crippen molar-refractivity contribution in [1.82, 2.24) is 4.98 Å². The highest BCUT2D eigenvalue weighted by atomic mass is 16.3. The molecule has 0 spiro atoms. The monoisotopic (exact) mass is 220 g/mol. The SMILES string of the molecule is NCC1(C(O)c2cccnc2)CCCCC1. The van der Waals surface area contributed by atoms with Crippen molar-refractivity contribution in [3.05, 3.63) is 30.1 Å². The molecule has 1 unspecified atom stereocenters. The van der Waals surface area contributed by atoms with Crippen molar-refractivity contribution in [1.29, 1.82) is 0 Å². The lowest BCUT2D eigenvalue weighted by molar-refractivity contribution is 0.000485. The van der Waals surface area contributed by atoms with Gasteiger partial charge in [0, 0.05) is 24.4 Å². The van der Waals surface area contributed by atoms with Gasteiger partial charge in [-0.3, -0.25) is 4.98 Å². The minimum atomic E-state index is -0.466. The minimum Gasteiger partial charge on any atom is -0.388 e. The van der Waals surface area contributed by atoms with E-state index in [2.05, 4.69) is 4.98 Å². The summed E-state index contributed by atoms with van der Waals surface area (Å²) in [6.07, 6.45) is 8.68. The summed E-state index contributed by atoms with van der Waals surface area (Å²) in [5.41, 5.74) is 6.67. The number of aromatic nitrogens is 1. The van der Waals surface area contributed by atoms with E-state index in [1.54, 1.807) is 12.4 Å². The normalized spacial score (nSPS) is 21.6. The Morgan fingerprint density at radius 3 is 2.69 bits per heavy atom. The van der Waals surface area contributed by atoms with E-state index in [0.717, 1.165) is 18.4 Å². The summed E-state index contributed by atoms with van der Waals surface area (Å²) in [5.74, 6) is 0. The van der Waals surface area contributed by atoms with Crippen LogP contribution in [0.2, 0.25) is 0 Å². The van der Waals surface area contributed by atoms with Crippen molar-refractivity contribution in [2.45, 2.75) is 38.2 Å². The first-order chi connectivity index (χ1) is 7.78. The number of hydrogen-bond acceptors (Lipinski definition) is 3. The first-order valence-corrected chi connectivity index (χ1v) is 6.06. The molecule has 0 aromatic carbocycles. The third-order valence-corrected chi connectivity index (χ3v) is 3.84.